The number of benzene rings is 2. The molecule has 1 heteroatoms. The van der Waals surface area contributed by atoms with Crippen LogP contribution in [0.1, 0.15) is 50.7 Å². The minimum Gasteiger partial charge on any atom is -0.0587 e. The molecular weight excluding hydrogens is 272 g/mol. The van der Waals surface area contributed by atoms with E-state index in [0.29, 0.717) is 11.8 Å². The molecule has 0 radical (unpaired) electrons. The number of hydrogen-bond acceptors (Lipinski definition) is 0. The Bertz CT molecular complexity index is 538. The van der Waals surface area contributed by atoms with Crippen molar-refractivity contribution < 1.29 is 0 Å². The molecule has 0 aromatic heterocycles. The molecule has 0 saturated carbocycles. The summed E-state index contributed by atoms with van der Waals surface area (Å²) in [6, 6.07) is 11.3. The zero-order chi connectivity index (χ0) is 12.6. The van der Waals surface area contributed by atoms with Crippen molar-refractivity contribution in [3.8, 4) is 0 Å². The molecule has 2 aromatic carbocycles. The van der Waals surface area contributed by atoms with Crippen molar-refractivity contribution in [2.75, 3.05) is 0 Å². The summed E-state index contributed by atoms with van der Waals surface area (Å²) in [7, 11) is 0. The third kappa shape index (κ3) is 2.55. The zero-order valence-electron chi connectivity index (χ0n) is 10.9. The van der Waals surface area contributed by atoms with E-state index in [9.17, 15) is 0 Å². The van der Waals surface area contributed by atoms with E-state index in [1.165, 1.54) is 26.4 Å². The van der Waals surface area contributed by atoms with Gasteiger partial charge < -0.3 is 0 Å². The average molecular weight is 291 g/mol. The van der Waals surface area contributed by atoms with Crippen LogP contribution in [0.2, 0.25) is 0 Å². The molecule has 0 amide bonds. The summed E-state index contributed by atoms with van der Waals surface area (Å²) < 4.78 is 1.21. The lowest BCUT2D eigenvalue weighted by molar-refractivity contribution is 0.865. The third-order valence-corrected chi connectivity index (χ3v) is 3.94. The smallest absolute Gasteiger partial charge is 0.0256 e. The summed E-state index contributed by atoms with van der Waals surface area (Å²) in [5, 5.41) is 2.65. The van der Waals surface area contributed by atoms with Crippen LogP contribution in [0.15, 0.2) is 34.8 Å². The number of rotatable bonds is 2. The van der Waals surface area contributed by atoms with E-state index in [1.807, 2.05) is 0 Å². The summed E-state index contributed by atoms with van der Waals surface area (Å²) in [6.07, 6.45) is 0. The summed E-state index contributed by atoms with van der Waals surface area (Å²) in [6.45, 7) is 8.93. The second-order valence-corrected chi connectivity index (χ2v) is 6.15. The van der Waals surface area contributed by atoms with Crippen LogP contribution in [0.25, 0.3) is 10.8 Å². The molecule has 0 nitrogen and oxygen atoms in total. The minimum atomic E-state index is 0.570. The highest BCUT2D eigenvalue weighted by Crippen LogP contribution is 2.31. The summed E-state index contributed by atoms with van der Waals surface area (Å²) in [4.78, 5) is 0. The van der Waals surface area contributed by atoms with E-state index in [2.05, 4.69) is 74.0 Å². The van der Waals surface area contributed by atoms with Crippen LogP contribution in [0, 0.1) is 0 Å². The molecule has 2 rings (SSSR count). The van der Waals surface area contributed by atoms with Crippen molar-refractivity contribution in [3.05, 3.63) is 45.9 Å². The van der Waals surface area contributed by atoms with Gasteiger partial charge in [0.1, 0.15) is 0 Å². The quantitative estimate of drug-likeness (QED) is 0.651. The van der Waals surface area contributed by atoms with Gasteiger partial charge in [0.15, 0.2) is 0 Å². The summed E-state index contributed by atoms with van der Waals surface area (Å²) in [5.74, 6) is 1.15. The van der Waals surface area contributed by atoms with E-state index in [1.54, 1.807) is 0 Å². The SMILES string of the molecule is CC(C)c1cc(Br)c2cc(C(C)C)ccc2c1. The van der Waals surface area contributed by atoms with Gasteiger partial charge in [0.2, 0.25) is 0 Å². The normalized spacial score (nSPS) is 11.7. The molecule has 2 aromatic rings. The highest BCUT2D eigenvalue weighted by Gasteiger charge is 2.07. The van der Waals surface area contributed by atoms with E-state index in [4.69, 9.17) is 0 Å². The first kappa shape index (κ1) is 12.6. The van der Waals surface area contributed by atoms with Gasteiger partial charge in [-0.2, -0.15) is 0 Å². The third-order valence-electron chi connectivity index (χ3n) is 3.28. The highest BCUT2D eigenvalue weighted by atomic mass is 79.9. The molecule has 0 aliphatic rings. The fourth-order valence-electron chi connectivity index (χ4n) is 2.04. The number of fused-ring (bicyclic) bond motifs is 1. The standard InChI is InChI=1S/C16H19Br/c1-10(2)12-5-6-13-7-14(11(3)4)9-16(17)15(13)8-12/h5-11H,1-4H3. The first-order valence-electron chi connectivity index (χ1n) is 6.22. The lowest BCUT2D eigenvalue weighted by Gasteiger charge is -2.12. The molecule has 90 valence electrons. The second kappa shape index (κ2) is 4.81. The van der Waals surface area contributed by atoms with Gasteiger partial charge in [-0.25, -0.2) is 0 Å². The highest BCUT2D eigenvalue weighted by molar-refractivity contribution is 9.10. The lowest BCUT2D eigenvalue weighted by Crippen LogP contribution is -1.91. The van der Waals surface area contributed by atoms with Gasteiger partial charge in [-0.3, -0.25) is 0 Å². The topological polar surface area (TPSA) is 0 Å². The van der Waals surface area contributed by atoms with E-state index in [-0.39, 0.29) is 0 Å². The molecule has 0 saturated heterocycles. The fourth-order valence-corrected chi connectivity index (χ4v) is 2.65. The zero-order valence-corrected chi connectivity index (χ0v) is 12.5. The lowest BCUT2D eigenvalue weighted by atomic mass is 9.95. The fraction of sp³-hybridized carbons (Fsp3) is 0.375. The molecule has 0 bridgehead atoms. The van der Waals surface area contributed by atoms with E-state index in [0.717, 1.165) is 0 Å². The van der Waals surface area contributed by atoms with Crippen LogP contribution >= 0.6 is 15.9 Å². The Hall–Kier alpha value is -0.820. The van der Waals surface area contributed by atoms with Crippen molar-refractivity contribution in [2.24, 2.45) is 0 Å². The van der Waals surface area contributed by atoms with Crippen LogP contribution in [0.5, 0.6) is 0 Å². The predicted molar refractivity (Wildman–Crippen MR) is 79.8 cm³/mol. The van der Waals surface area contributed by atoms with Gasteiger partial charge in [-0.15, -0.1) is 0 Å². The summed E-state index contributed by atoms with van der Waals surface area (Å²) >= 11 is 3.70. The van der Waals surface area contributed by atoms with Crippen LogP contribution < -0.4 is 0 Å². The Morgan fingerprint density at radius 1 is 0.824 bits per heavy atom. The van der Waals surface area contributed by atoms with Gasteiger partial charge in [-0.05, 0) is 45.9 Å². The van der Waals surface area contributed by atoms with Gasteiger partial charge in [0, 0.05) is 4.47 Å². The van der Waals surface area contributed by atoms with Crippen LogP contribution in [-0.2, 0) is 0 Å². The number of halogens is 1. The maximum atomic E-state index is 3.70. The molecule has 0 heterocycles. The van der Waals surface area contributed by atoms with Gasteiger partial charge in [0.05, 0.1) is 0 Å². The van der Waals surface area contributed by atoms with Crippen molar-refractivity contribution in [1.82, 2.24) is 0 Å². The molecule has 0 spiro atoms. The van der Waals surface area contributed by atoms with E-state index >= 15 is 0 Å². The Kier molecular flexibility index (Phi) is 3.58. The molecular formula is C16H19Br. The van der Waals surface area contributed by atoms with Crippen molar-refractivity contribution in [3.63, 3.8) is 0 Å². The van der Waals surface area contributed by atoms with Crippen molar-refractivity contribution in [2.45, 2.75) is 39.5 Å². The largest absolute Gasteiger partial charge is 0.0587 e. The Morgan fingerprint density at radius 3 is 2.06 bits per heavy atom. The Morgan fingerprint density at radius 2 is 1.47 bits per heavy atom. The minimum absolute atomic E-state index is 0.570. The Balaban J connectivity index is 2.64. The van der Waals surface area contributed by atoms with Crippen molar-refractivity contribution >= 4 is 26.7 Å². The van der Waals surface area contributed by atoms with Gasteiger partial charge in [0.25, 0.3) is 0 Å². The van der Waals surface area contributed by atoms with Crippen LogP contribution in [0.3, 0.4) is 0 Å². The Labute approximate surface area is 112 Å². The molecule has 0 aliphatic carbocycles. The molecule has 0 atom stereocenters. The number of hydrogen-bond donors (Lipinski definition) is 0. The average Bonchev–Trinajstić information content (AvgIpc) is 2.28. The predicted octanol–water partition coefficient (Wildman–Crippen LogP) is 5.85. The summed E-state index contributed by atoms with van der Waals surface area (Å²) in [5.41, 5.74) is 2.79. The maximum Gasteiger partial charge on any atom is 0.0256 e. The van der Waals surface area contributed by atoms with Crippen LogP contribution in [0.4, 0.5) is 0 Å². The molecule has 0 N–H and O–H groups in total. The second-order valence-electron chi connectivity index (χ2n) is 5.29. The van der Waals surface area contributed by atoms with Gasteiger partial charge >= 0.3 is 0 Å². The first-order chi connectivity index (χ1) is 7.99. The van der Waals surface area contributed by atoms with Crippen LogP contribution in [-0.4, -0.2) is 0 Å². The molecule has 0 aliphatic heterocycles. The molecule has 0 unspecified atom stereocenters. The maximum absolute atomic E-state index is 3.70. The molecule has 0 fully saturated rings. The molecule has 17 heavy (non-hydrogen) atoms. The van der Waals surface area contributed by atoms with Gasteiger partial charge in [-0.1, -0.05) is 61.8 Å². The van der Waals surface area contributed by atoms with Crippen molar-refractivity contribution in [1.29, 1.82) is 0 Å². The van der Waals surface area contributed by atoms with E-state index < -0.39 is 0 Å². The monoisotopic (exact) mass is 290 g/mol. The first-order valence-corrected chi connectivity index (χ1v) is 7.01.